The van der Waals surface area contributed by atoms with Gasteiger partial charge >= 0.3 is 0 Å². The van der Waals surface area contributed by atoms with Crippen molar-refractivity contribution >= 4 is 21.4 Å². The highest BCUT2D eigenvalue weighted by Crippen LogP contribution is 2.22. The molecule has 0 saturated heterocycles. The molecule has 116 valence electrons. The predicted octanol–water partition coefficient (Wildman–Crippen LogP) is 3.25. The fourth-order valence-electron chi connectivity index (χ4n) is 1.75. The molecule has 0 heterocycles. The Morgan fingerprint density at radius 1 is 0.955 bits per heavy atom. The van der Waals surface area contributed by atoms with Gasteiger partial charge in [0.05, 0.1) is 9.79 Å². The summed E-state index contributed by atoms with van der Waals surface area (Å²) in [7, 11) is -3.70. The minimum atomic E-state index is -3.70. The molecule has 0 saturated carbocycles. The van der Waals surface area contributed by atoms with Crippen molar-refractivity contribution in [2.45, 2.75) is 23.6 Å². The molecule has 0 radical (unpaired) electrons. The lowest BCUT2D eigenvalue weighted by atomic mass is 10.2. The van der Waals surface area contributed by atoms with E-state index in [1.54, 1.807) is 13.8 Å². The van der Waals surface area contributed by atoms with Gasteiger partial charge in [-0.05, 0) is 48.5 Å². The lowest BCUT2D eigenvalue weighted by Crippen LogP contribution is -2.17. The Morgan fingerprint density at radius 2 is 1.41 bits per heavy atom. The molecule has 2 rings (SSSR count). The fraction of sp³-hybridized carbons (Fsp3) is 0.188. The maximum atomic E-state index is 12.9. The van der Waals surface area contributed by atoms with Crippen LogP contribution in [0, 0.1) is 11.7 Å². The first-order valence-electron chi connectivity index (χ1n) is 6.72. The Kier molecular flexibility index (Phi) is 4.61. The summed E-state index contributed by atoms with van der Waals surface area (Å²) in [4.78, 5) is 11.7. The van der Waals surface area contributed by atoms with Gasteiger partial charge in [-0.2, -0.15) is 0 Å². The summed E-state index contributed by atoms with van der Waals surface area (Å²) in [5, 5.41) is 2.68. The summed E-state index contributed by atoms with van der Waals surface area (Å²) < 4.78 is 37.6. The molecule has 6 heteroatoms. The molecule has 1 amide bonds. The zero-order chi connectivity index (χ0) is 16.3. The number of hydrogen-bond donors (Lipinski definition) is 1. The van der Waals surface area contributed by atoms with Crippen molar-refractivity contribution in [2.24, 2.45) is 5.92 Å². The number of amides is 1. The van der Waals surface area contributed by atoms with Crippen LogP contribution in [0.15, 0.2) is 58.3 Å². The number of halogens is 1. The lowest BCUT2D eigenvalue weighted by Gasteiger charge is -2.09. The molecule has 0 aliphatic heterocycles. The van der Waals surface area contributed by atoms with E-state index in [0.717, 1.165) is 12.1 Å². The van der Waals surface area contributed by atoms with E-state index in [0.29, 0.717) is 5.69 Å². The van der Waals surface area contributed by atoms with Gasteiger partial charge in [-0.1, -0.05) is 13.8 Å². The molecule has 1 N–H and O–H groups in total. The third-order valence-corrected chi connectivity index (χ3v) is 4.87. The number of nitrogens with one attached hydrogen (secondary N) is 1. The molecule has 2 aromatic rings. The van der Waals surface area contributed by atoms with Crippen LogP contribution >= 0.6 is 0 Å². The third-order valence-electron chi connectivity index (χ3n) is 3.08. The zero-order valence-corrected chi connectivity index (χ0v) is 13.0. The number of anilines is 1. The molecule has 0 unspecified atom stereocenters. The Balaban J connectivity index is 2.26. The van der Waals surface area contributed by atoms with E-state index in [-0.39, 0.29) is 21.6 Å². The highest BCUT2D eigenvalue weighted by Gasteiger charge is 2.17. The minimum Gasteiger partial charge on any atom is -0.326 e. The summed E-state index contributed by atoms with van der Waals surface area (Å²) >= 11 is 0. The molecule has 0 aliphatic carbocycles. The van der Waals surface area contributed by atoms with Crippen LogP contribution in [0.5, 0.6) is 0 Å². The summed E-state index contributed by atoms with van der Waals surface area (Å²) in [6, 6.07) is 10.5. The topological polar surface area (TPSA) is 63.2 Å². The van der Waals surface area contributed by atoms with Gasteiger partial charge in [0.2, 0.25) is 15.7 Å². The number of carbonyl (C=O) groups is 1. The van der Waals surface area contributed by atoms with Crippen molar-refractivity contribution in [3.05, 3.63) is 54.3 Å². The van der Waals surface area contributed by atoms with Gasteiger partial charge < -0.3 is 5.32 Å². The quantitative estimate of drug-likeness (QED) is 0.879. The van der Waals surface area contributed by atoms with Crippen LogP contribution < -0.4 is 5.32 Å². The Morgan fingerprint density at radius 3 is 1.86 bits per heavy atom. The number of hydrogen-bond acceptors (Lipinski definition) is 3. The monoisotopic (exact) mass is 321 g/mol. The van der Waals surface area contributed by atoms with Crippen molar-refractivity contribution < 1.29 is 17.6 Å². The highest BCUT2D eigenvalue weighted by molar-refractivity contribution is 7.91. The van der Waals surface area contributed by atoms with Crippen LogP contribution in [0.1, 0.15) is 13.8 Å². The molecule has 0 bridgehead atoms. The smallest absolute Gasteiger partial charge is 0.226 e. The van der Waals surface area contributed by atoms with Gasteiger partial charge in [0.25, 0.3) is 0 Å². The van der Waals surface area contributed by atoms with Gasteiger partial charge in [-0.15, -0.1) is 0 Å². The van der Waals surface area contributed by atoms with Gasteiger partial charge in [0.1, 0.15) is 5.82 Å². The normalized spacial score (nSPS) is 11.5. The number of carbonyl (C=O) groups excluding carboxylic acids is 1. The molecule has 0 aromatic heterocycles. The highest BCUT2D eigenvalue weighted by atomic mass is 32.2. The SMILES string of the molecule is CC(C)C(=O)Nc1ccc(S(=O)(=O)c2ccc(F)cc2)cc1. The van der Waals surface area contributed by atoms with Crippen molar-refractivity contribution in [1.82, 2.24) is 0 Å². The van der Waals surface area contributed by atoms with Crippen LogP contribution in [0.2, 0.25) is 0 Å². The first-order valence-corrected chi connectivity index (χ1v) is 8.20. The van der Waals surface area contributed by atoms with Crippen molar-refractivity contribution in [3.63, 3.8) is 0 Å². The van der Waals surface area contributed by atoms with Gasteiger partial charge in [-0.3, -0.25) is 4.79 Å². The molecule has 0 spiro atoms. The van der Waals surface area contributed by atoms with Crippen molar-refractivity contribution in [2.75, 3.05) is 5.32 Å². The molecule has 0 atom stereocenters. The fourth-order valence-corrected chi connectivity index (χ4v) is 3.01. The predicted molar refractivity (Wildman–Crippen MR) is 81.8 cm³/mol. The summed E-state index contributed by atoms with van der Waals surface area (Å²) in [6.45, 7) is 3.53. The third kappa shape index (κ3) is 3.51. The van der Waals surface area contributed by atoms with Crippen molar-refractivity contribution in [3.8, 4) is 0 Å². The van der Waals surface area contributed by atoms with E-state index in [2.05, 4.69) is 5.32 Å². The Hall–Kier alpha value is -2.21. The molecule has 2 aromatic carbocycles. The summed E-state index contributed by atoms with van der Waals surface area (Å²) in [5.74, 6) is -0.803. The van der Waals surface area contributed by atoms with Gasteiger partial charge in [-0.25, -0.2) is 12.8 Å². The van der Waals surface area contributed by atoms with E-state index in [1.165, 1.54) is 36.4 Å². The second-order valence-corrected chi connectivity index (χ2v) is 7.08. The maximum absolute atomic E-state index is 12.9. The van der Waals surface area contributed by atoms with Crippen LogP contribution in [0.25, 0.3) is 0 Å². The van der Waals surface area contributed by atoms with E-state index in [9.17, 15) is 17.6 Å². The molecular formula is C16H16FNO3S. The molecule has 0 fully saturated rings. The average molecular weight is 321 g/mol. The Labute approximate surface area is 128 Å². The second kappa shape index (κ2) is 6.27. The number of sulfone groups is 1. The largest absolute Gasteiger partial charge is 0.326 e. The second-order valence-electron chi connectivity index (χ2n) is 5.13. The minimum absolute atomic E-state index is 0.0212. The lowest BCUT2D eigenvalue weighted by molar-refractivity contribution is -0.118. The van der Waals surface area contributed by atoms with Crippen molar-refractivity contribution in [1.29, 1.82) is 0 Å². The number of rotatable bonds is 4. The molecular weight excluding hydrogens is 305 g/mol. The van der Waals surface area contributed by atoms with E-state index in [4.69, 9.17) is 0 Å². The average Bonchev–Trinajstić information content (AvgIpc) is 2.48. The van der Waals surface area contributed by atoms with Gasteiger partial charge in [0.15, 0.2) is 0 Å². The maximum Gasteiger partial charge on any atom is 0.226 e. The van der Waals surface area contributed by atoms with Crippen LogP contribution in [-0.4, -0.2) is 14.3 Å². The Bertz CT molecular complexity index is 766. The molecule has 0 aliphatic rings. The standard InChI is InChI=1S/C16H16FNO3S/c1-11(2)16(19)18-13-5-9-15(10-6-13)22(20,21)14-7-3-12(17)4-8-14/h3-11H,1-2H3,(H,18,19). The summed E-state index contributed by atoms with van der Waals surface area (Å²) in [6.07, 6.45) is 0. The first-order chi connectivity index (χ1) is 10.3. The molecule has 4 nitrogen and oxygen atoms in total. The number of benzene rings is 2. The van der Waals surface area contributed by atoms with Crippen LogP contribution in [-0.2, 0) is 14.6 Å². The molecule has 22 heavy (non-hydrogen) atoms. The first kappa shape index (κ1) is 16.2. The van der Waals surface area contributed by atoms with E-state index < -0.39 is 15.7 Å². The zero-order valence-electron chi connectivity index (χ0n) is 12.2. The van der Waals surface area contributed by atoms with E-state index in [1.807, 2.05) is 0 Å². The summed E-state index contributed by atoms with van der Waals surface area (Å²) in [5.41, 5.74) is 0.525. The van der Waals surface area contributed by atoms with Crippen LogP contribution in [0.4, 0.5) is 10.1 Å². The van der Waals surface area contributed by atoms with Gasteiger partial charge in [0, 0.05) is 11.6 Å². The van der Waals surface area contributed by atoms with Crippen LogP contribution in [0.3, 0.4) is 0 Å². The van der Waals surface area contributed by atoms with E-state index >= 15 is 0 Å².